The second kappa shape index (κ2) is 7.38. The molecule has 21 heavy (non-hydrogen) atoms. The lowest BCUT2D eigenvalue weighted by Crippen LogP contribution is -2.37. The Hall–Kier alpha value is -0.910. The molecule has 0 saturated heterocycles. The van der Waals surface area contributed by atoms with Crippen molar-refractivity contribution in [1.82, 2.24) is 10.0 Å². The van der Waals surface area contributed by atoms with Gasteiger partial charge in [0.1, 0.15) is 0 Å². The summed E-state index contributed by atoms with van der Waals surface area (Å²) >= 11 is 0. The fourth-order valence-electron chi connectivity index (χ4n) is 2.85. The van der Waals surface area contributed by atoms with Gasteiger partial charge in [0, 0.05) is 12.6 Å². The summed E-state index contributed by atoms with van der Waals surface area (Å²) in [6, 6.07) is 7.87. The topological polar surface area (TPSA) is 58.2 Å². The first-order chi connectivity index (χ1) is 9.98. The number of benzene rings is 1. The van der Waals surface area contributed by atoms with Gasteiger partial charge < -0.3 is 5.32 Å². The van der Waals surface area contributed by atoms with Crippen LogP contribution in [0.3, 0.4) is 0 Å². The fraction of sp³-hybridized carbons (Fsp3) is 0.625. The Kier molecular flexibility index (Phi) is 5.79. The molecule has 0 unspecified atom stereocenters. The molecule has 5 heteroatoms. The normalized spacial score (nSPS) is 23.1. The SMILES string of the molecule is CNCc1ccc(CS(=O)(=O)NC2CCC(C)CC2)cc1. The van der Waals surface area contributed by atoms with Gasteiger partial charge in [0.2, 0.25) is 10.0 Å². The maximum atomic E-state index is 12.2. The van der Waals surface area contributed by atoms with Crippen LogP contribution in [0.15, 0.2) is 24.3 Å². The summed E-state index contributed by atoms with van der Waals surface area (Å²) < 4.78 is 27.3. The van der Waals surface area contributed by atoms with Crippen LogP contribution in [0, 0.1) is 5.92 Å². The minimum atomic E-state index is -3.24. The average Bonchev–Trinajstić information content (AvgIpc) is 2.43. The van der Waals surface area contributed by atoms with Gasteiger partial charge in [-0.15, -0.1) is 0 Å². The maximum Gasteiger partial charge on any atom is 0.216 e. The van der Waals surface area contributed by atoms with E-state index in [9.17, 15) is 8.42 Å². The van der Waals surface area contributed by atoms with Crippen LogP contribution in [0.25, 0.3) is 0 Å². The molecule has 0 bridgehead atoms. The third-order valence-corrected chi connectivity index (χ3v) is 5.53. The molecule has 0 heterocycles. The zero-order chi connectivity index (χ0) is 15.3. The van der Waals surface area contributed by atoms with Gasteiger partial charge in [-0.05, 0) is 49.8 Å². The largest absolute Gasteiger partial charge is 0.316 e. The summed E-state index contributed by atoms with van der Waals surface area (Å²) in [6.45, 7) is 3.03. The molecule has 4 nitrogen and oxygen atoms in total. The Labute approximate surface area is 128 Å². The van der Waals surface area contributed by atoms with Gasteiger partial charge in [-0.2, -0.15) is 0 Å². The molecule has 0 aliphatic heterocycles. The Balaban J connectivity index is 1.91. The zero-order valence-corrected chi connectivity index (χ0v) is 13.7. The van der Waals surface area contributed by atoms with Crippen LogP contribution in [-0.2, 0) is 22.3 Å². The van der Waals surface area contributed by atoms with E-state index in [0.717, 1.165) is 49.3 Å². The fourth-order valence-corrected chi connectivity index (χ4v) is 4.31. The van der Waals surface area contributed by atoms with Crippen molar-refractivity contribution in [2.45, 2.75) is 50.9 Å². The number of hydrogen-bond acceptors (Lipinski definition) is 3. The average molecular weight is 310 g/mol. The van der Waals surface area contributed by atoms with Gasteiger partial charge >= 0.3 is 0 Å². The minimum absolute atomic E-state index is 0.0683. The molecule has 1 aliphatic rings. The van der Waals surface area contributed by atoms with E-state index in [1.165, 1.54) is 0 Å². The van der Waals surface area contributed by atoms with Gasteiger partial charge in [-0.3, -0.25) is 0 Å². The van der Waals surface area contributed by atoms with Crippen molar-refractivity contribution < 1.29 is 8.42 Å². The summed E-state index contributed by atoms with van der Waals surface area (Å²) in [7, 11) is -1.35. The first-order valence-electron chi connectivity index (χ1n) is 7.71. The van der Waals surface area contributed by atoms with Crippen LogP contribution in [0.4, 0.5) is 0 Å². The molecule has 0 spiro atoms. The van der Waals surface area contributed by atoms with E-state index in [1.54, 1.807) is 0 Å². The second-order valence-corrected chi connectivity index (χ2v) is 7.93. The molecule has 1 aliphatic carbocycles. The van der Waals surface area contributed by atoms with Crippen LogP contribution in [-0.4, -0.2) is 21.5 Å². The Morgan fingerprint density at radius 3 is 2.19 bits per heavy atom. The van der Waals surface area contributed by atoms with E-state index in [4.69, 9.17) is 0 Å². The molecule has 1 saturated carbocycles. The highest BCUT2D eigenvalue weighted by atomic mass is 32.2. The summed E-state index contributed by atoms with van der Waals surface area (Å²) in [5.74, 6) is 0.796. The Morgan fingerprint density at radius 1 is 1.05 bits per heavy atom. The monoisotopic (exact) mass is 310 g/mol. The molecular formula is C16H26N2O2S. The predicted molar refractivity (Wildman–Crippen MR) is 86.4 cm³/mol. The van der Waals surface area contributed by atoms with E-state index in [0.29, 0.717) is 0 Å². The molecule has 2 N–H and O–H groups in total. The van der Waals surface area contributed by atoms with Crippen LogP contribution >= 0.6 is 0 Å². The molecule has 1 aromatic rings. The standard InChI is InChI=1S/C16H26N2O2S/c1-13-3-9-16(10-4-13)18-21(19,20)12-15-7-5-14(6-8-15)11-17-2/h5-8,13,16-18H,3-4,9-12H2,1-2H3. The van der Waals surface area contributed by atoms with Crippen molar-refractivity contribution in [3.63, 3.8) is 0 Å². The lowest BCUT2D eigenvalue weighted by atomic mass is 9.88. The number of sulfonamides is 1. The van der Waals surface area contributed by atoms with Crippen molar-refractivity contribution in [3.8, 4) is 0 Å². The molecule has 118 valence electrons. The van der Waals surface area contributed by atoms with E-state index in [-0.39, 0.29) is 11.8 Å². The van der Waals surface area contributed by atoms with Crippen LogP contribution in [0.2, 0.25) is 0 Å². The molecular weight excluding hydrogens is 284 g/mol. The van der Waals surface area contributed by atoms with Crippen molar-refractivity contribution in [2.24, 2.45) is 5.92 Å². The van der Waals surface area contributed by atoms with Crippen molar-refractivity contribution >= 4 is 10.0 Å². The lowest BCUT2D eigenvalue weighted by Gasteiger charge is -2.26. The maximum absolute atomic E-state index is 12.2. The lowest BCUT2D eigenvalue weighted by molar-refractivity contribution is 0.332. The third-order valence-electron chi connectivity index (χ3n) is 4.12. The predicted octanol–water partition coefficient (Wildman–Crippen LogP) is 2.40. The van der Waals surface area contributed by atoms with E-state index >= 15 is 0 Å². The number of nitrogens with one attached hydrogen (secondary N) is 2. The molecule has 1 fully saturated rings. The zero-order valence-electron chi connectivity index (χ0n) is 12.9. The highest BCUT2D eigenvalue weighted by Crippen LogP contribution is 2.24. The summed E-state index contributed by atoms with van der Waals surface area (Å²) in [6.07, 6.45) is 4.15. The first kappa shape index (κ1) is 16.5. The molecule has 1 aromatic carbocycles. The second-order valence-electron chi connectivity index (χ2n) is 6.18. The Morgan fingerprint density at radius 2 is 1.62 bits per heavy atom. The van der Waals surface area contributed by atoms with E-state index in [2.05, 4.69) is 17.0 Å². The van der Waals surface area contributed by atoms with Gasteiger partial charge in [0.05, 0.1) is 5.75 Å². The van der Waals surface area contributed by atoms with Crippen LogP contribution < -0.4 is 10.0 Å². The minimum Gasteiger partial charge on any atom is -0.316 e. The van der Waals surface area contributed by atoms with Gasteiger partial charge in [0.25, 0.3) is 0 Å². The summed E-state index contributed by atoms with van der Waals surface area (Å²) in [4.78, 5) is 0. The number of hydrogen-bond donors (Lipinski definition) is 2. The smallest absolute Gasteiger partial charge is 0.216 e. The van der Waals surface area contributed by atoms with Crippen molar-refractivity contribution in [3.05, 3.63) is 35.4 Å². The Bertz CT molecular complexity index is 532. The first-order valence-corrected chi connectivity index (χ1v) is 9.36. The van der Waals surface area contributed by atoms with E-state index < -0.39 is 10.0 Å². The van der Waals surface area contributed by atoms with E-state index in [1.807, 2.05) is 31.3 Å². The van der Waals surface area contributed by atoms with Gasteiger partial charge in [0.15, 0.2) is 0 Å². The highest BCUT2D eigenvalue weighted by Gasteiger charge is 2.22. The van der Waals surface area contributed by atoms with Gasteiger partial charge in [-0.25, -0.2) is 13.1 Å². The summed E-state index contributed by atoms with van der Waals surface area (Å²) in [5, 5.41) is 3.08. The third kappa shape index (κ3) is 5.41. The number of rotatable bonds is 6. The quantitative estimate of drug-likeness (QED) is 0.848. The molecule has 0 amide bonds. The van der Waals surface area contributed by atoms with Crippen molar-refractivity contribution in [2.75, 3.05) is 7.05 Å². The highest BCUT2D eigenvalue weighted by molar-refractivity contribution is 7.88. The molecule has 2 rings (SSSR count). The summed E-state index contributed by atoms with van der Waals surface area (Å²) in [5.41, 5.74) is 2.00. The van der Waals surface area contributed by atoms with Crippen LogP contribution in [0.5, 0.6) is 0 Å². The van der Waals surface area contributed by atoms with Crippen LogP contribution in [0.1, 0.15) is 43.7 Å². The molecule has 0 aromatic heterocycles. The molecule has 0 atom stereocenters. The molecule has 0 radical (unpaired) electrons. The van der Waals surface area contributed by atoms with Gasteiger partial charge in [-0.1, -0.05) is 31.2 Å². The van der Waals surface area contributed by atoms with Crippen molar-refractivity contribution in [1.29, 1.82) is 0 Å².